The van der Waals surface area contributed by atoms with Gasteiger partial charge in [0.05, 0.1) is 40.8 Å². The van der Waals surface area contributed by atoms with Crippen molar-refractivity contribution in [1.82, 2.24) is 14.8 Å². The van der Waals surface area contributed by atoms with E-state index in [1.807, 2.05) is 6.08 Å². The number of alkyl halides is 6. The highest BCUT2D eigenvalue weighted by atomic mass is 32.2. The summed E-state index contributed by atoms with van der Waals surface area (Å²) in [5.41, 5.74) is -2.25. The Morgan fingerprint density at radius 1 is 1.05 bits per heavy atom. The number of likely N-dealkylation sites (tertiary alicyclic amines) is 1. The highest BCUT2D eigenvalue weighted by molar-refractivity contribution is 8.18. The Labute approximate surface area is 248 Å². The van der Waals surface area contributed by atoms with E-state index < -0.39 is 29.5 Å². The number of allylic oxidation sites excluding steroid dienone is 3. The lowest BCUT2D eigenvalue weighted by molar-refractivity contribution is -0.143. The van der Waals surface area contributed by atoms with Crippen LogP contribution >= 0.6 is 11.8 Å². The number of amidine groups is 1. The SMILES string of the molecule is C[C@@H]1CN(C2CN(C3=NC(=O)/C(=C/C4=CC5C=NN(Cc6ccc(C(F)(F)F)cc6C(F)(F)F)C5C=C4)S3)C2)C[C@H](C)O1. The van der Waals surface area contributed by atoms with Gasteiger partial charge in [0.2, 0.25) is 0 Å². The molecule has 43 heavy (non-hydrogen) atoms. The van der Waals surface area contributed by atoms with E-state index in [9.17, 15) is 31.1 Å². The summed E-state index contributed by atoms with van der Waals surface area (Å²) < 4.78 is 85.9. The van der Waals surface area contributed by atoms with Crippen LogP contribution in [0.5, 0.6) is 0 Å². The summed E-state index contributed by atoms with van der Waals surface area (Å²) in [4.78, 5) is 21.9. The summed E-state index contributed by atoms with van der Waals surface area (Å²) >= 11 is 1.32. The number of nitrogens with zero attached hydrogens (tertiary/aromatic N) is 5. The molecule has 0 spiro atoms. The quantitative estimate of drug-likeness (QED) is 0.334. The number of aliphatic imine (C=N–C) groups is 1. The molecule has 7 nitrogen and oxygen atoms in total. The lowest BCUT2D eigenvalue weighted by atomic mass is 9.92. The van der Waals surface area contributed by atoms with Crippen molar-refractivity contribution >= 4 is 29.1 Å². The molecule has 0 aromatic heterocycles. The van der Waals surface area contributed by atoms with Crippen LogP contribution < -0.4 is 0 Å². The number of ether oxygens (including phenoxy) is 1. The highest BCUT2D eigenvalue weighted by Crippen LogP contribution is 2.39. The molecule has 4 aliphatic heterocycles. The van der Waals surface area contributed by atoms with Crippen molar-refractivity contribution in [1.29, 1.82) is 0 Å². The number of carbonyl (C=O) groups is 1. The minimum absolute atomic E-state index is 0.143. The zero-order chi connectivity index (χ0) is 30.7. The first kappa shape index (κ1) is 29.9. The number of carbonyl (C=O) groups excluding carboxylic acids is 1. The summed E-state index contributed by atoms with van der Waals surface area (Å²) in [7, 11) is 0. The lowest BCUT2D eigenvalue weighted by Crippen LogP contribution is -2.64. The third-order valence-corrected chi connectivity index (χ3v) is 9.12. The molecule has 230 valence electrons. The average molecular weight is 626 g/mol. The second-order valence-electron chi connectivity index (χ2n) is 11.4. The Balaban J connectivity index is 1.07. The molecule has 2 fully saturated rings. The number of hydrogen-bond donors (Lipinski definition) is 0. The molecule has 1 aromatic rings. The second-order valence-corrected chi connectivity index (χ2v) is 12.4. The molecule has 0 radical (unpaired) electrons. The van der Waals surface area contributed by atoms with Gasteiger partial charge in [-0.3, -0.25) is 14.7 Å². The maximum Gasteiger partial charge on any atom is 0.416 e. The lowest BCUT2D eigenvalue weighted by Gasteiger charge is -2.49. The van der Waals surface area contributed by atoms with Crippen LogP contribution in [0, 0.1) is 5.92 Å². The van der Waals surface area contributed by atoms with Crippen molar-refractivity contribution in [3.8, 4) is 0 Å². The van der Waals surface area contributed by atoms with Crippen molar-refractivity contribution in [3.63, 3.8) is 0 Å². The first-order valence-corrected chi connectivity index (χ1v) is 14.7. The van der Waals surface area contributed by atoms with Gasteiger partial charge in [0.1, 0.15) is 0 Å². The molecule has 1 amide bonds. The maximum absolute atomic E-state index is 13.6. The Morgan fingerprint density at radius 2 is 1.77 bits per heavy atom. The largest absolute Gasteiger partial charge is 0.416 e. The van der Waals surface area contributed by atoms with Gasteiger partial charge in [-0.05, 0) is 55.0 Å². The smallest absolute Gasteiger partial charge is 0.373 e. The van der Waals surface area contributed by atoms with E-state index in [0.29, 0.717) is 22.2 Å². The molecule has 2 saturated heterocycles. The van der Waals surface area contributed by atoms with Crippen molar-refractivity contribution in [2.75, 3.05) is 26.2 Å². The number of benzene rings is 1. The number of halogens is 6. The number of hydrogen-bond acceptors (Lipinski definition) is 7. The summed E-state index contributed by atoms with van der Waals surface area (Å²) in [5, 5.41) is 6.34. The van der Waals surface area contributed by atoms with Gasteiger partial charge in [-0.25, -0.2) is 0 Å². The van der Waals surface area contributed by atoms with Crippen molar-refractivity contribution in [3.05, 3.63) is 69.7 Å². The molecule has 14 heteroatoms. The number of thioether (sulfide) groups is 1. The molecule has 4 atom stereocenters. The number of hydrazone groups is 1. The number of morpholine rings is 1. The molecule has 1 aliphatic carbocycles. The highest BCUT2D eigenvalue weighted by Gasteiger charge is 2.41. The standard InChI is InChI=1S/C29H29F6N5O2S/c1-16-11-38(12-17(2)42-16)22-14-39(15-22)27-37-26(41)25(43-27)8-18-3-6-24-20(7-18)10-36-40(24)13-19-4-5-21(28(30,31)32)9-23(19)29(33,34)35/h3-10,16-17,20,22,24H,11-15H2,1-2H3/b25-8-/t16-,17+,20?,24?. The van der Waals surface area contributed by atoms with Crippen LogP contribution in [-0.4, -0.2) is 82.6 Å². The molecule has 4 heterocycles. The van der Waals surface area contributed by atoms with E-state index in [-0.39, 0.29) is 42.2 Å². The fraction of sp³-hybridized carbons (Fsp3) is 0.483. The summed E-state index contributed by atoms with van der Waals surface area (Å²) in [6.45, 7) is 7.16. The van der Waals surface area contributed by atoms with Gasteiger partial charge in [0, 0.05) is 44.4 Å². The molecular weight excluding hydrogens is 596 g/mol. The maximum atomic E-state index is 13.6. The van der Waals surface area contributed by atoms with E-state index in [4.69, 9.17) is 4.74 Å². The molecule has 6 rings (SSSR count). The van der Waals surface area contributed by atoms with Gasteiger partial charge >= 0.3 is 12.4 Å². The average Bonchev–Trinajstić information content (AvgIpc) is 3.44. The van der Waals surface area contributed by atoms with Crippen LogP contribution in [-0.2, 0) is 28.4 Å². The molecule has 0 saturated carbocycles. The van der Waals surface area contributed by atoms with E-state index >= 15 is 0 Å². The minimum atomic E-state index is -4.95. The van der Waals surface area contributed by atoms with Gasteiger partial charge in [-0.15, -0.1) is 0 Å². The third-order valence-electron chi connectivity index (χ3n) is 8.08. The van der Waals surface area contributed by atoms with E-state index in [1.54, 1.807) is 24.4 Å². The molecule has 5 aliphatic rings. The predicted molar refractivity (Wildman–Crippen MR) is 150 cm³/mol. The van der Waals surface area contributed by atoms with Crippen LogP contribution in [0.15, 0.2) is 63.1 Å². The molecule has 0 N–H and O–H groups in total. The van der Waals surface area contributed by atoms with E-state index in [0.717, 1.165) is 37.8 Å². The number of amides is 1. The van der Waals surface area contributed by atoms with Crippen LogP contribution in [0.3, 0.4) is 0 Å². The predicted octanol–water partition coefficient (Wildman–Crippen LogP) is 5.31. The number of rotatable bonds is 4. The normalized spacial score (nSPS) is 29.3. The van der Waals surface area contributed by atoms with E-state index in [1.165, 1.54) is 16.8 Å². The Bertz CT molecular complexity index is 1440. The Hall–Kier alpha value is -3.10. The van der Waals surface area contributed by atoms with Gasteiger partial charge < -0.3 is 9.64 Å². The van der Waals surface area contributed by atoms with Gasteiger partial charge in [0.15, 0.2) is 5.17 Å². The van der Waals surface area contributed by atoms with Gasteiger partial charge in [-0.1, -0.05) is 24.3 Å². The van der Waals surface area contributed by atoms with Crippen LogP contribution in [0.25, 0.3) is 0 Å². The van der Waals surface area contributed by atoms with E-state index in [2.05, 4.69) is 33.7 Å². The molecule has 0 bridgehead atoms. The Kier molecular flexibility index (Phi) is 7.74. The van der Waals surface area contributed by atoms with Crippen LogP contribution in [0.4, 0.5) is 26.3 Å². The summed E-state index contributed by atoms with van der Waals surface area (Å²) in [6.07, 6.45) is -0.743. The third kappa shape index (κ3) is 6.27. The fourth-order valence-corrected chi connectivity index (χ4v) is 6.93. The molecule has 1 aromatic carbocycles. The second kappa shape index (κ2) is 11.1. The van der Waals surface area contributed by atoms with Crippen molar-refractivity contribution < 1.29 is 35.9 Å². The molecule has 2 unspecified atom stereocenters. The topological polar surface area (TPSA) is 60.7 Å². The summed E-state index contributed by atoms with van der Waals surface area (Å²) in [5.74, 6) is -0.603. The van der Waals surface area contributed by atoms with Gasteiger partial charge in [-0.2, -0.15) is 36.4 Å². The summed E-state index contributed by atoms with van der Waals surface area (Å²) in [6, 6.07) is 1.63. The first-order valence-electron chi connectivity index (χ1n) is 13.9. The zero-order valence-electron chi connectivity index (χ0n) is 23.3. The first-order chi connectivity index (χ1) is 20.2. The fourth-order valence-electron chi connectivity index (χ4n) is 6.00. The zero-order valence-corrected chi connectivity index (χ0v) is 24.1. The monoisotopic (exact) mass is 625 g/mol. The Morgan fingerprint density at radius 3 is 2.44 bits per heavy atom. The van der Waals surface area contributed by atoms with Crippen LogP contribution in [0.1, 0.15) is 30.5 Å². The molecular formula is C29H29F6N5O2S. The van der Waals surface area contributed by atoms with Crippen molar-refractivity contribution in [2.45, 2.75) is 57.0 Å². The minimum Gasteiger partial charge on any atom is -0.373 e. The van der Waals surface area contributed by atoms with Gasteiger partial charge in [0.25, 0.3) is 5.91 Å². The van der Waals surface area contributed by atoms with Crippen molar-refractivity contribution in [2.24, 2.45) is 16.0 Å². The van der Waals surface area contributed by atoms with Crippen LogP contribution in [0.2, 0.25) is 0 Å². The number of fused-ring (bicyclic) bond motifs is 1.